The molecule has 0 unspecified atom stereocenters. The minimum atomic E-state index is -0.628. The van der Waals surface area contributed by atoms with Crippen LogP contribution in [0.3, 0.4) is 0 Å². The molecular weight excluding hydrogens is 669 g/mol. The molecule has 1 aliphatic rings. The number of benzene rings is 1. The average molecular weight is 717 g/mol. The van der Waals surface area contributed by atoms with Crippen LogP contribution in [-0.4, -0.2) is 77.2 Å². The SMILES string of the molecule is Cc1cnn(CCC(=O)N2CC(=O)N[C@@H](CC(C)C)c3nc(cs3)C(=O)N[C@@H](Cc3ccccc3)c3nc(C)nn3CC(=O)N[C@@H](C(C)C)C2)c1. The van der Waals surface area contributed by atoms with E-state index >= 15 is 0 Å². The molecule has 4 amide bonds. The molecule has 0 aliphatic carbocycles. The van der Waals surface area contributed by atoms with Crippen LogP contribution in [0.4, 0.5) is 0 Å². The lowest BCUT2D eigenvalue weighted by atomic mass is 10.0. The van der Waals surface area contributed by atoms with Crippen molar-refractivity contribution in [2.75, 3.05) is 13.1 Å². The zero-order chi connectivity index (χ0) is 36.7. The normalized spacial score (nSPS) is 19.3. The highest BCUT2D eigenvalue weighted by atomic mass is 32.1. The molecule has 5 rings (SSSR count). The summed E-state index contributed by atoms with van der Waals surface area (Å²) in [4.78, 5) is 65.8. The highest BCUT2D eigenvalue weighted by Gasteiger charge is 2.30. The summed E-state index contributed by atoms with van der Waals surface area (Å²) >= 11 is 1.30. The molecule has 0 fully saturated rings. The van der Waals surface area contributed by atoms with Crippen molar-refractivity contribution in [1.29, 1.82) is 0 Å². The lowest BCUT2D eigenvalue weighted by Gasteiger charge is -2.31. The van der Waals surface area contributed by atoms with E-state index in [-0.39, 0.29) is 61.3 Å². The Labute approximate surface area is 302 Å². The molecule has 1 aliphatic heterocycles. The molecule has 0 radical (unpaired) electrons. The minimum Gasteiger partial charge on any atom is -0.350 e. The smallest absolute Gasteiger partial charge is 0.271 e. The summed E-state index contributed by atoms with van der Waals surface area (Å²) in [5.41, 5.74) is 2.16. The monoisotopic (exact) mass is 716 g/mol. The maximum absolute atomic E-state index is 13.8. The fourth-order valence-corrected chi connectivity index (χ4v) is 6.92. The number of nitrogens with one attached hydrogen (secondary N) is 3. The standard InChI is InChI=1S/C36H48N10O4S/c1-22(2)14-28-36-42-30(21-51-36)35(50)41-27(15-26-10-8-7-9-11-26)34-38-25(6)43-46(34)20-32(48)40-29(23(3)4)18-44(19-31(47)39-28)33(49)12-13-45-17-24(5)16-37-45/h7-11,16-17,21-23,27-29H,12-15,18-20H2,1-6H3,(H,39,47)(H,40,48)(H,41,50)/t27-,28-,29+/m0/s1. The van der Waals surface area contributed by atoms with Gasteiger partial charge in [0.2, 0.25) is 17.7 Å². The predicted molar refractivity (Wildman–Crippen MR) is 192 cm³/mol. The largest absolute Gasteiger partial charge is 0.350 e. The molecule has 0 saturated carbocycles. The molecule has 15 heteroatoms. The summed E-state index contributed by atoms with van der Waals surface area (Å²) in [5.74, 6) is -0.313. The van der Waals surface area contributed by atoms with Crippen LogP contribution < -0.4 is 16.0 Å². The van der Waals surface area contributed by atoms with E-state index in [4.69, 9.17) is 0 Å². The summed E-state index contributed by atoms with van der Waals surface area (Å²) in [6.07, 6.45) is 4.70. The van der Waals surface area contributed by atoms with E-state index in [0.717, 1.165) is 11.1 Å². The molecule has 0 saturated heterocycles. The van der Waals surface area contributed by atoms with E-state index in [0.29, 0.717) is 36.0 Å². The van der Waals surface area contributed by atoms with E-state index in [9.17, 15) is 19.2 Å². The molecule has 2 bridgehead atoms. The number of aryl methyl sites for hydroxylation is 3. The van der Waals surface area contributed by atoms with E-state index in [1.54, 1.807) is 23.2 Å². The van der Waals surface area contributed by atoms with Crippen LogP contribution in [0.5, 0.6) is 0 Å². The van der Waals surface area contributed by atoms with Gasteiger partial charge in [0, 0.05) is 37.1 Å². The number of fused-ring (bicyclic) bond motifs is 3. The van der Waals surface area contributed by atoms with Gasteiger partial charge in [0.15, 0.2) is 5.82 Å². The molecule has 14 nitrogen and oxygen atoms in total. The van der Waals surface area contributed by atoms with Crippen LogP contribution in [0.15, 0.2) is 48.1 Å². The molecule has 4 aromatic rings. The number of carbonyl (C=O) groups excluding carboxylic acids is 4. The molecule has 3 atom stereocenters. The van der Waals surface area contributed by atoms with Gasteiger partial charge in [-0.2, -0.15) is 10.2 Å². The quantitative estimate of drug-likeness (QED) is 0.249. The summed E-state index contributed by atoms with van der Waals surface area (Å²) in [6.45, 7) is 11.8. The first-order valence-corrected chi connectivity index (χ1v) is 18.3. The molecule has 272 valence electrons. The molecule has 1 aromatic carbocycles. The minimum absolute atomic E-state index is 0.0730. The van der Waals surface area contributed by atoms with Gasteiger partial charge >= 0.3 is 0 Å². The van der Waals surface area contributed by atoms with Crippen molar-refractivity contribution in [3.8, 4) is 0 Å². The number of nitrogens with zero attached hydrogens (tertiary/aromatic N) is 7. The third-order valence-corrected chi connectivity index (χ3v) is 9.63. The van der Waals surface area contributed by atoms with Gasteiger partial charge in [0.25, 0.3) is 5.91 Å². The van der Waals surface area contributed by atoms with Crippen molar-refractivity contribution in [3.05, 3.63) is 81.6 Å². The molecule has 4 heterocycles. The van der Waals surface area contributed by atoms with Crippen LogP contribution >= 0.6 is 11.3 Å². The van der Waals surface area contributed by atoms with Gasteiger partial charge in [-0.1, -0.05) is 58.0 Å². The number of amides is 4. The van der Waals surface area contributed by atoms with Gasteiger partial charge < -0.3 is 20.9 Å². The highest BCUT2D eigenvalue weighted by Crippen LogP contribution is 2.26. The van der Waals surface area contributed by atoms with Crippen LogP contribution in [0.25, 0.3) is 0 Å². The Bertz CT molecular complexity index is 1810. The zero-order valence-corrected chi connectivity index (χ0v) is 30.9. The van der Waals surface area contributed by atoms with E-state index in [1.807, 2.05) is 71.1 Å². The predicted octanol–water partition coefficient (Wildman–Crippen LogP) is 3.54. The van der Waals surface area contributed by atoms with Gasteiger partial charge in [-0.3, -0.25) is 23.9 Å². The molecule has 3 aromatic heterocycles. The number of carbonyl (C=O) groups is 4. The van der Waals surface area contributed by atoms with Gasteiger partial charge in [0.1, 0.15) is 23.1 Å². The lowest BCUT2D eigenvalue weighted by Crippen LogP contribution is -2.51. The van der Waals surface area contributed by atoms with Gasteiger partial charge in [-0.25, -0.2) is 14.6 Å². The maximum atomic E-state index is 13.8. The second kappa shape index (κ2) is 16.9. The summed E-state index contributed by atoms with van der Waals surface area (Å²) in [6, 6.07) is 8.14. The number of rotatable bonds is 8. The Balaban J connectivity index is 1.51. The molecule has 51 heavy (non-hydrogen) atoms. The lowest BCUT2D eigenvalue weighted by molar-refractivity contribution is -0.137. The zero-order valence-electron chi connectivity index (χ0n) is 30.1. The van der Waals surface area contributed by atoms with Gasteiger partial charge in [-0.15, -0.1) is 11.3 Å². The van der Waals surface area contributed by atoms with E-state index < -0.39 is 24.0 Å². The fourth-order valence-electron chi connectivity index (χ4n) is 6.05. The van der Waals surface area contributed by atoms with Crippen molar-refractivity contribution in [3.63, 3.8) is 0 Å². The second-order valence-corrected chi connectivity index (χ2v) is 14.8. The first-order chi connectivity index (χ1) is 24.3. The van der Waals surface area contributed by atoms with E-state index in [1.165, 1.54) is 20.9 Å². The number of thiazole rings is 1. The Kier molecular flexibility index (Phi) is 12.3. The summed E-state index contributed by atoms with van der Waals surface area (Å²) < 4.78 is 3.22. The first-order valence-electron chi connectivity index (χ1n) is 17.4. The van der Waals surface area contributed by atoms with Crippen molar-refractivity contribution >= 4 is 35.0 Å². The van der Waals surface area contributed by atoms with Crippen LogP contribution in [0.1, 0.15) is 90.9 Å². The number of hydrogen-bond donors (Lipinski definition) is 3. The Hall–Kier alpha value is -4.92. The van der Waals surface area contributed by atoms with Gasteiger partial charge in [-0.05, 0) is 49.7 Å². The number of hydrogen-bond acceptors (Lipinski definition) is 9. The molecule has 0 spiro atoms. The average Bonchev–Trinajstić information content (AvgIpc) is 3.82. The third kappa shape index (κ3) is 10.3. The Morgan fingerprint density at radius 3 is 2.39 bits per heavy atom. The van der Waals surface area contributed by atoms with Crippen molar-refractivity contribution < 1.29 is 19.2 Å². The summed E-state index contributed by atoms with van der Waals surface area (Å²) in [7, 11) is 0. The van der Waals surface area contributed by atoms with E-state index in [2.05, 4.69) is 36.1 Å². The number of aromatic nitrogens is 6. The van der Waals surface area contributed by atoms with Crippen LogP contribution in [0.2, 0.25) is 0 Å². The second-order valence-electron chi connectivity index (χ2n) is 13.9. The topological polar surface area (TPSA) is 169 Å². The van der Waals surface area contributed by atoms with Crippen LogP contribution in [0, 0.1) is 25.7 Å². The first kappa shape index (κ1) is 37.3. The molecular formula is C36H48N10O4S. The summed E-state index contributed by atoms with van der Waals surface area (Å²) in [5, 5.41) is 20.4. The Morgan fingerprint density at radius 1 is 0.961 bits per heavy atom. The van der Waals surface area contributed by atoms with Crippen molar-refractivity contribution in [2.24, 2.45) is 11.8 Å². The van der Waals surface area contributed by atoms with Crippen molar-refractivity contribution in [2.45, 2.75) is 92.0 Å². The fraction of sp³-hybridized carbons (Fsp3) is 0.500. The Morgan fingerprint density at radius 2 is 1.71 bits per heavy atom. The third-order valence-electron chi connectivity index (χ3n) is 8.67. The maximum Gasteiger partial charge on any atom is 0.271 e. The van der Waals surface area contributed by atoms with Gasteiger partial charge in [0.05, 0.1) is 24.8 Å². The van der Waals surface area contributed by atoms with Crippen molar-refractivity contribution in [1.82, 2.24) is 50.4 Å². The van der Waals surface area contributed by atoms with Crippen LogP contribution in [-0.2, 0) is 33.9 Å². The highest BCUT2D eigenvalue weighted by molar-refractivity contribution is 7.09. The molecule has 3 N–H and O–H groups in total.